The van der Waals surface area contributed by atoms with Crippen molar-refractivity contribution in [1.82, 2.24) is 9.80 Å². The Morgan fingerprint density at radius 3 is 2.79 bits per heavy atom. The number of hydrogen-bond acceptors (Lipinski definition) is 3. The highest BCUT2D eigenvalue weighted by molar-refractivity contribution is 7.80. The molecule has 1 saturated heterocycles. The highest BCUT2D eigenvalue weighted by atomic mass is 32.1. The lowest BCUT2D eigenvalue weighted by Crippen LogP contribution is -2.38. The molecule has 0 radical (unpaired) electrons. The zero-order valence-corrected chi connectivity index (χ0v) is 12.6. The molecular formula is C15H22N2OS. The molecule has 0 aromatic heterocycles. The summed E-state index contributed by atoms with van der Waals surface area (Å²) in [5.74, 6) is 0.130. The predicted molar refractivity (Wildman–Crippen MR) is 80.9 cm³/mol. The van der Waals surface area contributed by atoms with Crippen LogP contribution in [0.15, 0.2) is 29.2 Å². The van der Waals surface area contributed by atoms with Crippen LogP contribution in [0.25, 0.3) is 0 Å². The molecule has 19 heavy (non-hydrogen) atoms. The molecule has 1 atom stereocenters. The molecule has 0 bridgehead atoms. The van der Waals surface area contributed by atoms with E-state index in [1.54, 1.807) is 0 Å². The second-order valence-corrected chi connectivity index (χ2v) is 5.48. The molecule has 0 aliphatic carbocycles. The minimum absolute atomic E-state index is 0.130. The van der Waals surface area contributed by atoms with E-state index in [0.29, 0.717) is 6.04 Å². The number of likely N-dealkylation sites (tertiary alicyclic amines) is 1. The summed E-state index contributed by atoms with van der Waals surface area (Å²) in [4.78, 5) is 17.7. The highest BCUT2D eigenvalue weighted by Crippen LogP contribution is 2.19. The first kappa shape index (κ1) is 14.4. The average molecular weight is 278 g/mol. The van der Waals surface area contributed by atoms with Gasteiger partial charge >= 0.3 is 0 Å². The van der Waals surface area contributed by atoms with Crippen LogP contribution in [0.5, 0.6) is 0 Å². The molecule has 1 heterocycles. The summed E-state index contributed by atoms with van der Waals surface area (Å²) in [6.45, 7) is 8.16. The zero-order valence-electron chi connectivity index (χ0n) is 11.7. The number of carbonyl (C=O) groups is 1. The second kappa shape index (κ2) is 6.44. The summed E-state index contributed by atoms with van der Waals surface area (Å²) in [5.41, 5.74) is 0.743. The summed E-state index contributed by atoms with van der Waals surface area (Å²) in [5, 5.41) is 0. The molecule has 1 aliphatic rings. The van der Waals surface area contributed by atoms with Crippen molar-refractivity contribution in [3.05, 3.63) is 29.8 Å². The van der Waals surface area contributed by atoms with Crippen LogP contribution in [0.1, 0.15) is 30.6 Å². The number of nitrogens with zero attached hydrogens (tertiary/aromatic N) is 2. The first-order valence-electron chi connectivity index (χ1n) is 6.98. The number of amides is 1. The second-order valence-electron chi connectivity index (χ2n) is 4.97. The van der Waals surface area contributed by atoms with Crippen molar-refractivity contribution < 1.29 is 4.79 Å². The number of rotatable bonds is 4. The van der Waals surface area contributed by atoms with Crippen molar-refractivity contribution in [2.45, 2.75) is 31.2 Å². The summed E-state index contributed by atoms with van der Waals surface area (Å²) >= 11 is 4.29. The Balaban J connectivity index is 2.02. The normalized spacial score (nSPS) is 19.2. The van der Waals surface area contributed by atoms with E-state index in [0.717, 1.165) is 43.1 Å². The molecule has 1 aromatic rings. The summed E-state index contributed by atoms with van der Waals surface area (Å²) in [6, 6.07) is 8.00. The third kappa shape index (κ3) is 3.31. The minimum atomic E-state index is 0.130. The van der Waals surface area contributed by atoms with E-state index in [1.165, 1.54) is 0 Å². The van der Waals surface area contributed by atoms with Gasteiger partial charge in [-0.3, -0.25) is 9.69 Å². The van der Waals surface area contributed by atoms with E-state index in [4.69, 9.17) is 0 Å². The zero-order chi connectivity index (χ0) is 13.8. The molecule has 1 unspecified atom stereocenters. The molecule has 4 heteroatoms. The van der Waals surface area contributed by atoms with Crippen molar-refractivity contribution in [2.75, 3.05) is 26.2 Å². The monoisotopic (exact) mass is 278 g/mol. The van der Waals surface area contributed by atoms with Crippen molar-refractivity contribution in [2.24, 2.45) is 0 Å². The number of likely N-dealkylation sites (N-methyl/N-ethyl adjacent to an activating group) is 1. The lowest BCUT2D eigenvalue weighted by molar-refractivity contribution is 0.0777. The van der Waals surface area contributed by atoms with Crippen LogP contribution < -0.4 is 0 Å². The van der Waals surface area contributed by atoms with E-state index in [2.05, 4.69) is 31.4 Å². The van der Waals surface area contributed by atoms with Crippen LogP contribution in [0.4, 0.5) is 0 Å². The first-order chi connectivity index (χ1) is 9.15. The number of thiol groups is 1. The Morgan fingerprint density at radius 2 is 2.16 bits per heavy atom. The molecule has 1 amide bonds. The van der Waals surface area contributed by atoms with Gasteiger partial charge in [0, 0.05) is 29.6 Å². The van der Waals surface area contributed by atoms with Crippen molar-refractivity contribution in [3.63, 3.8) is 0 Å². The largest absolute Gasteiger partial charge is 0.337 e. The van der Waals surface area contributed by atoms with Crippen LogP contribution in [-0.2, 0) is 0 Å². The first-order valence-corrected chi connectivity index (χ1v) is 7.42. The fourth-order valence-corrected chi connectivity index (χ4v) is 3.01. The minimum Gasteiger partial charge on any atom is -0.337 e. The van der Waals surface area contributed by atoms with Gasteiger partial charge in [-0.15, -0.1) is 12.6 Å². The Labute approximate surface area is 121 Å². The van der Waals surface area contributed by atoms with Crippen molar-refractivity contribution in [3.8, 4) is 0 Å². The Bertz CT molecular complexity index is 446. The van der Waals surface area contributed by atoms with E-state index < -0.39 is 0 Å². The molecule has 0 spiro atoms. The average Bonchev–Trinajstić information content (AvgIpc) is 2.89. The molecule has 1 aliphatic heterocycles. The van der Waals surface area contributed by atoms with E-state index in [1.807, 2.05) is 29.2 Å². The fourth-order valence-electron chi connectivity index (χ4n) is 2.79. The molecule has 0 N–H and O–H groups in total. The van der Waals surface area contributed by atoms with Crippen LogP contribution in [0.2, 0.25) is 0 Å². The van der Waals surface area contributed by atoms with Gasteiger partial charge in [0.2, 0.25) is 0 Å². The number of carbonyl (C=O) groups excluding carboxylic acids is 1. The van der Waals surface area contributed by atoms with Gasteiger partial charge in [-0.05, 0) is 37.7 Å². The summed E-state index contributed by atoms with van der Waals surface area (Å²) < 4.78 is 0. The van der Waals surface area contributed by atoms with Gasteiger partial charge in [0.15, 0.2) is 0 Å². The topological polar surface area (TPSA) is 23.6 Å². The molecule has 1 fully saturated rings. The Morgan fingerprint density at radius 1 is 1.42 bits per heavy atom. The third-order valence-electron chi connectivity index (χ3n) is 3.87. The Kier molecular flexibility index (Phi) is 4.88. The molecule has 0 saturated carbocycles. The van der Waals surface area contributed by atoms with E-state index in [9.17, 15) is 4.79 Å². The molecule has 2 rings (SSSR count). The quantitative estimate of drug-likeness (QED) is 0.856. The van der Waals surface area contributed by atoms with Gasteiger partial charge in [0.1, 0.15) is 0 Å². The van der Waals surface area contributed by atoms with Gasteiger partial charge in [-0.25, -0.2) is 0 Å². The van der Waals surface area contributed by atoms with Gasteiger partial charge in [0.05, 0.1) is 0 Å². The number of hydrogen-bond donors (Lipinski definition) is 1. The molecule has 104 valence electrons. The van der Waals surface area contributed by atoms with Gasteiger partial charge in [0.25, 0.3) is 5.91 Å². The number of benzene rings is 1. The molecule has 3 nitrogen and oxygen atoms in total. The van der Waals surface area contributed by atoms with Crippen LogP contribution in [0.3, 0.4) is 0 Å². The third-order valence-corrected chi connectivity index (χ3v) is 4.15. The van der Waals surface area contributed by atoms with Gasteiger partial charge in [-0.2, -0.15) is 0 Å². The highest BCUT2D eigenvalue weighted by Gasteiger charge is 2.29. The predicted octanol–water partition coefficient (Wildman–Crippen LogP) is 2.53. The standard InChI is InChI=1S/C15H22N2OS/c1-3-16(4-2)13-8-9-17(11-13)15(18)12-6-5-7-14(19)10-12/h5-7,10,13,19H,3-4,8-9,11H2,1-2H3. The SMILES string of the molecule is CCN(CC)C1CCN(C(=O)c2cccc(S)c2)C1. The lowest BCUT2D eigenvalue weighted by Gasteiger charge is -2.26. The van der Waals surface area contributed by atoms with Gasteiger partial charge < -0.3 is 4.90 Å². The van der Waals surface area contributed by atoms with Gasteiger partial charge in [-0.1, -0.05) is 19.9 Å². The maximum absolute atomic E-state index is 12.4. The van der Waals surface area contributed by atoms with Crippen molar-refractivity contribution >= 4 is 18.5 Å². The lowest BCUT2D eigenvalue weighted by atomic mass is 10.2. The maximum atomic E-state index is 12.4. The van der Waals surface area contributed by atoms with E-state index in [-0.39, 0.29) is 5.91 Å². The summed E-state index contributed by atoms with van der Waals surface area (Å²) in [7, 11) is 0. The van der Waals surface area contributed by atoms with E-state index >= 15 is 0 Å². The fraction of sp³-hybridized carbons (Fsp3) is 0.533. The smallest absolute Gasteiger partial charge is 0.253 e. The van der Waals surface area contributed by atoms with Crippen LogP contribution >= 0.6 is 12.6 Å². The van der Waals surface area contributed by atoms with Crippen LogP contribution in [0, 0.1) is 0 Å². The van der Waals surface area contributed by atoms with Crippen LogP contribution in [-0.4, -0.2) is 47.9 Å². The summed E-state index contributed by atoms with van der Waals surface area (Å²) in [6.07, 6.45) is 1.08. The maximum Gasteiger partial charge on any atom is 0.253 e. The molecule has 1 aromatic carbocycles. The molecular weight excluding hydrogens is 256 g/mol. The van der Waals surface area contributed by atoms with Crippen molar-refractivity contribution in [1.29, 1.82) is 0 Å². The Hall–Kier alpha value is -1.00.